The highest BCUT2D eigenvalue weighted by Gasteiger charge is 2.26. The van der Waals surface area contributed by atoms with Crippen molar-refractivity contribution in [3.05, 3.63) is 4.91 Å². The van der Waals surface area contributed by atoms with Crippen LogP contribution in [0.5, 0.6) is 0 Å². The maximum Gasteiger partial charge on any atom is 0.148 e. The summed E-state index contributed by atoms with van der Waals surface area (Å²) in [5, 5.41) is 36.6. The van der Waals surface area contributed by atoms with Crippen LogP contribution < -0.4 is 0 Å². The zero-order valence-electron chi connectivity index (χ0n) is 5.79. The van der Waals surface area contributed by atoms with E-state index in [9.17, 15) is 4.91 Å². The van der Waals surface area contributed by atoms with Crippen LogP contribution in [-0.2, 0) is 0 Å². The minimum absolute atomic E-state index is 0.673. The molecule has 0 rings (SSSR count). The van der Waals surface area contributed by atoms with Crippen molar-refractivity contribution in [3.8, 4) is 0 Å². The Bertz CT molecular complexity index is 109. The van der Waals surface area contributed by atoms with E-state index in [2.05, 4.69) is 5.18 Å². The van der Waals surface area contributed by atoms with Crippen LogP contribution in [0.3, 0.4) is 0 Å². The van der Waals surface area contributed by atoms with Crippen LogP contribution in [0.4, 0.5) is 0 Å². The van der Waals surface area contributed by atoms with Crippen molar-refractivity contribution in [2.75, 3.05) is 13.2 Å². The number of hydrogen-bond donors (Lipinski definition) is 4. The van der Waals surface area contributed by atoms with Crippen LogP contribution in [0, 0.1) is 4.91 Å². The quantitative estimate of drug-likeness (QED) is 0.346. The van der Waals surface area contributed by atoms with Crippen LogP contribution in [0.25, 0.3) is 0 Å². The largest absolute Gasteiger partial charge is 0.394 e. The molecule has 4 N–H and O–H groups in total. The minimum atomic E-state index is -1.42. The molecule has 0 aliphatic heterocycles. The molecule has 0 aliphatic rings. The van der Waals surface area contributed by atoms with Crippen molar-refractivity contribution in [2.45, 2.75) is 18.2 Å². The first-order valence-corrected chi connectivity index (χ1v) is 3.07. The van der Waals surface area contributed by atoms with Gasteiger partial charge in [-0.25, -0.2) is 0 Å². The Morgan fingerprint density at radius 3 is 1.64 bits per heavy atom. The summed E-state index contributed by atoms with van der Waals surface area (Å²) in [4.78, 5) is 9.91. The predicted molar refractivity (Wildman–Crippen MR) is 35.8 cm³/mol. The maximum absolute atomic E-state index is 9.91. The monoisotopic (exact) mass is 165 g/mol. The second-order valence-electron chi connectivity index (χ2n) is 2.10. The Labute approximate surface area is 63.1 Å². The molecule has 0 aliphatic carbocycles. The lowest BCUT2D eigenvalue weighted by Crippen LogP contribution is -2.39. The van der Waals surface area contributed by atoms with Crippen molar-refractivity contribution < 1.29 is 20.4 Å². The van der Waals surface area contributed by atoms with E-state index >= 15 is 0 Å². The summed E-state index contributed by atoms with van der Waals surface area (Å²) < 4.78 is 0. The third kappa shape index (κ3) is 2.89. The lowest BCUT2D eigenvalue weighted by Gasteiger charge is -2.17. The van der Waals surface area contributed by atoms with Gasteiger partial charge >= 0.3 is 0 Å². The van der Waals surface area contributed by atoms with Gasteiger partial charge in [0, 0.05) is 0 Å². The van der Waals surface area contributed by atoms with E-state index in [-0.39, 0.29) is 0 Å². The Kier molecular flexibility index (Phi) is 4.88. The molecule has 0 saturated carbocycles. The molecule has 0 fully saturated rings. The van der Waals surface area contributed by atoms with Gasteiger partial charge in [-0.1, -0.05) is 5.18 Å². The summed E-state index contributed by atoms with van der Waals surface area (Å²) in [5.74, 6) is 0. The van der Waals surface area contributed by atoms with Gasteiger partial charge in [0.05, 0.1) is 13.2 Å². The number of rotatable bonds is 5. The molecule has 0 amide bonds. The molecule has 0 saturated heterocycles. The van der Waals surface area contributed by atoms with Gasteiger partial charge in [0.15, 0.2) is 0 Å². The van der Waals surface area contributed by atoms with E-state index in [1.165, 1.54) is 0 Å². The molecule has 0 radical (unpaired) electrons. The van der Waals surface area contributed by atoms with Gasteiger partial charge in [0.1, 0.15) is 18.2 Å². The molecule has 11 heavy (non-hydrogen) atoms. The fraction of sp³-hybridized carbons (Fsp3) is 1.00. The fourth-order valence-corrected chi connectivity index (χ4v) is 0.613. The van der Waals surface area contributed by atoms with Crippen molar-refractivity contribution in [1.29, 1.82) is 0 Å². The van der Waals surface area contributed by atoms with Gasteiger partial charge in [-0.05, 0) is 0 Å². The third-order valence-corrected chi connectivity index (χ3v) is 1.28. The smallest absolute Gasteiger partial charge is 0.148 e. The zero-order valence-corrected chi connectivity index (χ0v) is 5.79. The molecule has 6 heteroatoms. The van der Waals surface area contributed by atoms with Crippen molar-refractivity contribution in [3.63, 3.8) is 0 Å². The second-order valence-corrected chi connectivity index (χ2v) is 2.10. The molecule has 2 unspecified atom stereocenters. The average molecular weight is 165 g/mol. The molecule has 0 aromatic carbocycles. The highest BCUT2D eigenvalue weighted by molar-refractivity contribution is 4.81. The van der Waals surface area contributed by atoms with E-state index in [0.29, 0.717) is 0 Å². The summed E-state index contributed by atoms with van der Waals surface area (Å²) in [6.45, 7) is -1.35. The molecule has 0 bridgehead atoms. The number of nitrogens with zero attached hydrogens (tertiary/aromatic N) is 1. The first-order valence-electron chi connectivity index (χ1n) is 3.07. The van der Waals surface area contributed by atoms with Crippen molar-refractivity contribution in [2.24, 2.45) is 5.18 Å². The number of aliphatic hydroxyl groups is 4. The SMILES string of the molecule is O=NC(C(O)CO)C(O)CO. The third-order valence-electron chi connectivity index (χ3n) is 1.28. The van der Waals surface area contributed by atoms with Crippen LogP contribution in [-0.4, -0.2) is 51.9 Å². The van der Waals surface area contributed by atoms with Gasteiger partial charge in [-0.2, -0.15) is 4.91 Å². The molecular formula is C5H11NO5. The molecule has 66 valence electrons. The molecule has 0 heterocycles. The summed E-state index contributed by atoms with van der Waals surface area (Å²) in [7, 11) is 0. The Morgan fingerprint density at radius 2 is 1.45 bits per heavy atom. The summed E-state index contributed by atoms with van der Waals surface area (Å²) in [6, 6.07) is -1.37. The van der Waals surface area contributed by atoms with Gasteiger partial charge in [0.25, 0.3) is 0 Å². The summed E-state index contributed by atoms with van der Waals surface area (Å²) in [6.07, 6.45) is -2.84. The first-order chi connectivity index (χ1) is 5.17. The molecule has 6 nitrogen and oxygen atoms in total. The van der Waals surface area contributed by atoms with E-state index in [1.807, 2.05) is 0 Å². The minimum Gasteiger partial charge on any atom is -0.394 e. The lowest BCUT2D eigenvalue weighted by atomic mass is 10.1. The highest BCUT2D eigenvalue weighted by Crippen LogP contribution is 2.03. The Balaban J connectivity index is 4.03. The zero-order chi connectivity index (χ0) is 8.85. The van der Waals surface area contributed by atoms with Gasteiger partial charge in [0.2, 0.25) is 0 Å². The molecule has 0 spiro atoms. The van der Waals surface area contributed by atoms with E-state index < -0.39 is 31.5 Å². The van der Waals surface area contributed by atoms with Crippen LogP contribution >= 0.6 is 0 Å². The first kappa shape index (κ1) is 10.4. The molecule has 2 atom stereocenters. The Hall–Kier alpha value is -0.560. The highest BCUT2D eigenvalue weighted by atomic mass is 16.3. The normalized spacial score (nSPS) is 18.9. The Morgan fingerprint density at radius 1 is 1.09 bits per heavy atom. The van der Waals surface area contributed by atoms with Crippen molar-refractivity contribution >= 4 is 0 Å². The van der Waals surface area contributed by atoms with E-state index in [0.717, 1.165) is 0 Å². The fourth-order valence-electron chi connectivity index (χ4n) is 0.613. The predicted octanol–water partition coefficient (Wildman–Crippen LogP) is -2.17. The topological polar surface area (TPSA) is 110 Å². The lowest BCUT2D eigenvalue weighted by molar-refractivity contribution is -0.000492. The maximum atomic E-state index is 9.91. The summed E-state index contributed by atoms with van der Waals surface area (Å²) >= 11 is 0. The van der Waals surface area contributed by atoms with E-state index in [1.54, 1.807) is 0 Å². The van der Waals surface area contributed by atoms with Gasteiger partial charge in [-0.15, -0.1) is 0 Å². The van der Waals surface area contributed by atoms with Crippen molar-refractivity contribution in [1.82, 2.24) is 0 Å². The number of hydrogen-bond acceptors (Lipinski definition) is 6. The van der Waals surface area contributed by atoms with E-state index in [4.69, 9.17) is 20.4 Å². The van der Waals surface area contributed by atoms with Crippen LogP contribution in [0.15, 0.2) is 5.18 Å². The van der Waals surface area contributed by atoms with Crippen LogP contribution in [0.2, 0.25) is 0 Å². The number of nitroso groups, excluding NO2 is 1. The molecule has 0 aromatic heterocycles. The van der Waals surface area contributed by atoms with Gasteiger partial charge in [-0.3, -0.25) is 0 Å². The van der Waals surface area contributed by atoms with Gasteiger partial charge < -0.3 is 20.4 Å². The standard InChI is InChI=1S/C5H11NO5/c7-1-3(9)5(6-11)4(10)2-8/h3-5,7-10H,1-2H2. The second kappa shape index (κ2) is 5.14. The van der Waals surface area contributed by atoms with Crippen LogP contribution in [0.1, 0.15) is 0 Å². The molecular weight excluding hydrogens is 154 g/mol. The molecule has 0 aromatic rings. The summed E-state index contributed by atoms with van der Waals surface area (Å²) in [5.41, 5.74) is 0. The number of aliphatic hydroxyl groups excluding tert-OH is 4. The average Bonchev–Trinajstić information content (AvgIpc) is 2.05.